The maximum Gasteiger partial charge on any atom is 0.421 e. The number of carbonyl (C=O) groups is 1. The average Bonchev–Trinajstić information content (AvgIpc) is 2.46. The van der Waals surface area contributed by atoms with E-state index in [1.54, 1.807) is 12.1 Å². The topological polar surface area (TPSA) is 61.8 Å². The quantitative estimate of drug-likeness (QED) is 0.510. The summed E-state index contributed by atoms with van der Waals surface area (Å²) in [6, 6.07) is 4.49. The molecule has 0 aliphatic rings. The SMILES string of the molecule is C=CCOc1ccc(O[PH](=O)OC(C)=O)cc1Cl.CCCC. The standard InChI is InChI=1S/C11H12ClO5P.C4H10/c1-3-6-15-11-5-4-9(7-10(11)12)17-18(14)16-8(2)13;1-3-4-2/h3-5,7,18H,1,6H2,2H3;3-4H2,1-2H3. The number of carbonyl (C=O) groups excluding carboxylic acids is 1. The van der Waals surface area contributed by atoms with Gasteiger partial charge in [-0.2, -0.15) is 0 Å². The summed E-state index contributed by atoms with van der Waals surface area (Å²) >= 11 is 5.92. The fourth-order valence-electron chi connectivity index (χ4n) is 1.05. The summed E-state index contributed by atoms with van der Waals surface area (Å²) in [5, 5.41) is 0.298. The number of halogens is 1. The Labute approximate surface area is 137 Å². The first-order valence-corrected chi connectivity index (χ1v) is 8.48. The van der Waals surface area contributed by atoms with E-state index in [1.807, 2.05) is 0 Å². The van der Waals surface area contributed by atoms with Crippen LogP contribution in [0, 0.1) is 0 Å². The van der Waals surface area contributed by atoms with E-state index in [0.29, 0.717) is 17.4 Å². The highest BCUT2D eigenvalue weighted by atomic mass is 35.5. The lowest BCUT2D eigenvalue weighted by molar-refractivity contribution is -0.131. The Hall–Kier alpha value is -1.45. The Balaban J connectivity index is 0.000000980. The molecule has 0 radical (unpaired) electrons. The third-order valence-electron chi connectivity index (χ3n) is 2.19. The van der Waals surface area contributed by atoms with Gasteiger partial charge in [-0.25, -0.2) is 4.57 Å². The largest absolute Gasteiger partial charge is 0.488 e. The molecule has 0 spiro atoms. The first-order valence-electron chi connectivity index (χ1n) is 6.88. The second-order valence-corrected chi connectivity index (χ2v) is 5.45. The number of ether oxygens (including phenoxy) is 1. The van der Waals surface area contributed by atoms with Gasteiger partial charge in [0.1, 0.15) is 18.1 Å². The van der Waals surface area contributed by atoms with Crippen molar-refractivity contribution in [2.24, 2.45) is 0 Å². The lowest BCUT2D eigenvalue weighted by atomic mass is 10.3. The predicted molar refractivity (Wildman–Crippen MR) is 89.1 cm³/mol. The molecule has 0 amide bonds. The van der Waals surface area contributed by atoms with Gasteiger partial charge in [-0.3, -0.25) is 4.79 Å². The second kappa shape index (κ2) is 12.1. The molecule has 1 rings (SSSR count). The van der Waals surface area contributed by atoms with E-state index in [2.05, 4.69) is 25.0 Å². The van der Waals surface area contributed by atoms with Crippen LogP contribution in [0.1, 0.15) is 33.6 Å². The molecule has 124 valence electrons. The minimum atomic E-state index is -2.90. The van der Waals surface area contributed by atoms with Crippen LogP contribution in [0.3, 0.4) is 0 Å². The first-order chi connectivity index (χ1) is 10.4. The fourth-order valence-corrected chi connectivity index (χ4v) is 1.87. The smallest absolute Gasteiger partial charge is 0.421 e. The predicted octanol–water partition coefficient (Wildman–Crippen LogP) is 5.04. The van der Waals surface area contributed by atoms with E-state index >= 15 is 0 Å². The molecule has 0 aliphatic heterocycles. The van der Waals surface area contributed by atoms with Crippen LogP contribution < -0.4 is 9.26 Å². The van der Waals surface area contributed by atoms with E-state index < -0.39 is 14.2 Å². The Morgan fingerprint density at radius 3 is 2.45 bits per heavy atom. The third-order valence-corrected chi connectivity index (χ3v) is 3.34. The van der Waals surface area contributed by atoms with Gasteiger partial charge in [0.2, 0.25) is 0 Å². The molecular formula is C15H22ClO5P. The first kappa shape index (κ1) is 20.6. The van der Waals surface area contributed by atoms with Gasteiger partial charge < -0.3 is 13.8 Å². The van der Waals surface area contributed by atoms with Crippen LogP contribution in [-0.4, -0.2) is 12.6 Å². The number of rotatable bonds is 7. The summed E-state index contributed by atoms with van der Waals surface area (Å²) in [5.74, 6) is 0.0167. The van der Waals surface area contributed by atoms with E-state index in [4.69, 9.17) is 20.9 Å². The lowest BCUT2D eigenvalue weighted by Crippen LogP contribution is -1.95. The van der Waals surface area contributed by atoms with Crippen LogP contribution in [0.2, 0.25) is 5.02 Å². The van der Waals surface area contributed by atoms with Gasteiger partial charge in [-0.05, 0) is 12.1 Å². The molecule has 5 nitrogen and oxygen atoms in total. The molecule has 1 aromatic carbocycles. The highest BCUT2D eigenvalue weighted by Crippen LogP contribution is 2.34. The number of benzene rings is 1. The van der Waals surface area contributed by atoms with Crippen molar-refractivity contribution in [1.29, 1.82) is 0 Å². The molecule has 22 heavy (non-hydrogen) atoms. The van der Waals surface area contributed by atoms with Crippen molar-refractivity contribution >= 4 is 25.8 Å². The van der Waals surface area contributed by atoms with Gasteiger partial charge in [0.25, 0.3) is 0 Å². The zero-order chi connectivity index (χ0) is 17.0. The van der Waals surface area contributed by atoms with Crippen LogP contribution in [0.25, 0.3) is 0 Å². The van der Waals surface area contributed by atoms with Crippen LogP contribution in [-0.2, 0) is 13.9 Å². The van der Waals surface area contributed by atoms with Gasteiger partial charge in [-0.1, -0.05) is 50.9 Å². The van der Waals surface area contributed by atoms with Crippen molar-refractivity contribution in [3.63, 3.8) is 0 Å². The Bertz CT molecular complexity index is 503. The Morgan fingerprint density at radius 2 is 2.00 bits per heavy atom. The molecule has 0 aliphatic carbocycles. The van der Waals surface area contributed by atoms with E-state index in [-0.39, 0.29) is 5.75 Å². The molecule has 0 saturated carbocycles. The van der Waals surface area contributed by atoms with E-state index in [9.17, 15) is 9.36 Å². The minimum Gasteiger partial charge on any atom is -0.488 e. The highest BCUT2D eigenvalue weighted by Gasteiger charge is 2.08. The molecule has 1 atom stereocenters. The normalized spacial score (nSPS) is 10.7. The van der Waals surface area contributed by atoms with Crippen LogP contribution in [0.4, 0.5) is 0 Å². The van der Waals surface area contributed by atoms with Crippen molar-refractivity contribution in [2.45, 2.75) is 33.6 Å². The Morgan fingerprint density at radius 1 is 1.36 bits per heavy atom. The summed E-state index contributed by atoms with van der Waals surface area (Å²) < 4.78 is 25.8. The van der Waals surface area contributed by atoms with Gasteiger partial charge >= 0.3 is 14.2 Å². The molecule has 0 aromatic heterocycles. The molecule has 0 N–H and O–H groups in total. The highest BCUT2D eigenvalue weighted by molar-refractivity contribution is 7.34. The summed E-state index contributed by atoms with van der Waals surface area (Å²) in [6.07, 6.45) is 4.22. The lowest BCUT2D eigenvalue weighted by Gasteiger charge is -2.09. The number of hydrogen-bond acceptors (Lipinski definition) is 5. The number of hydrogen-bond donors (Lipinski definition) is 0. The van der Waals surface area contributed by atoms with E-state index in [0.717, 1.165) is 6.92 Å². The van der Waals surface area contributed by atoms with Gasteiger partial charge in [0, 0.05) is 13.0 Å². The van der Waals surface area contributed by atoms with Crippen molar-refractivity contribution in [1.82, 2.24) is 0 Å². The van der Waals surface area contributed by atoms with Crippen LogP contribution in [0.15, 0.2) is 30.9 Å². The van der Waals surface area contributed by atoms with Crippen LogP contribution in [0.5, 0.6) is 11.5 Å². The monoisotopic (exact) mass is 348 g/mol. The number of unbranched alkanes of at least 4 members (excludes halogenated alkanes) is 1. The van der Waals surface area contributed by atoms with Crippen molar-refractivity contribution in [2.75, 3.05) is 6.61 Å². The van der Waals surface area contributed by atoms with Crippen LogP contribution >= 0.6 is 19.9 Å². The molecule has 0 saturated heterocycles. The third kappa shape index (κ3) is 9.48. The van der Waals surface area contributed by atoms with Gasteiger partial charge in [-0.15, -0.1) is 0 Å². The fraction of sp³-hybridized carbons (Fsp3) is 0.400. The molecule has 0 heterocycles. The van der Waals surface area contributed by atoms with Gasteiger partial charge in [0.05, 0.1) is 5.02 Å². The summed E-state index contributed by atoms with van der Waals surface area (Å²) in [4.78, 5) is 10.6. The maximum absolute atomic E-state index is 11.2. The van der Waals surface area contributed by atoms with Gasteiger partial charge in [0.15, 0.2) is 0 Å². The zero-order valence-corrected chi connectivity index (χ0v) is 14.8. The van der Waals surface area contributed by atoms with Crippen molar-refractivity contribution in [3.05, 3.63) is 35.9 Å². The molecule has 0 fully saturated rings. The minimum absolute atomic E-state index is 0.232. The van der Waals surface area contributed by atoms with Crippen molar-refractivity contribution in [3.8, 4) is 11.5 Å². The van der Waals surface area contributed by atoms with E-state index in [1.165, 1.54) is 25.0 Å². The Kier molecular flexibility index (Phi) is 11.3. The molecular weight excluding hydrogens is 327 g/mol. The molecule has 1 unspecified atom stereocenters. The summed E-state index contributed by atoms with van der Waals surface area (Å²) in [6.45, 7) is 9.34. The second-order valence-electron chi connectivity index (χ2n) is 4.14. The molecule has 1 aromatic rings. The zero-order valence-electron chi connectivity index (χ0n) is 13.1. The molecule has 0 bridgehead atoms. The van der Waals surface area contributed by atoms with Crippen molar-refractivity contribution < 1.29 is 23.1 Å². The summed E-state index contributed by atoms with van der Waals surface area (Å²) in [7, 11) is -2.90. The average molecular weight is 349 g/mol. The maximum atomic E-state index is 11.2. The molecule has 7 heteroatoms. The summed E-state index contributed by atoms with van der Waals surface area (Å²) in [5.41, 5.74) is 0.